The molecule has 0 radical (unpaired) electrons. The van der Waals surface area contributed by atoms with Crippen molar-refractivity contribution in [3.63, 3.8) is 0 Å². The molecule has 3 aromatic rings. The number of anilines is 1. The van der Waals surface area contributed by atoms with Gasteiger partial charge in [-0.2, -0.15) is 0 Å². The number of benzene rings is 2. The molecule has 1 heterocycles. The van der Waals surface area contributed by atoms with E-state index in [2.05, 4.69) is 15.3 Å². The monoisotopic (exact) mass is 380 g/mol. The molecule has 0 aliphatic rings. The number of imidazole rings is 1. The molecular weight excluding hydrogens is 356 g/mol. The molecule has 7 heteroatoms. The summed E-state index contributed by atoms with van der Waals surface area (Å²) >= 11 is 0. The van der Waals surface area contributed by atoms with Gasteiger partial charge < -0.3 is 19.9 Å². The Balaban J connectivity index is 1.56. The van der Waals surface area contributed by atoms with Crippen LogP contribution in [0.1, 0.15) is 19.2 Å². The second-order valence-corrected chi connectivity index (χ2v) is 6.36. The number of likely N-dealkylation sites (N-methyl/N-ethyl adjacent to an activating group) is 1. The molecular formula is C21H24N4O3. The second-order valence-electron chi connectivity index (χ2n) is 6.36. The minimum Gasteiger partial charge on any atom is -0.495 e. The van der Waals surface area contributed by atoms with Crippen LogP contribution < -0.4 is 10.1 Å². The van der Waals surface area contributed by atoms with Crippen LogP contribution in [0.2, 0.25) is 0 Å². The number of carbonyl (C=O) groups excluding carboxylic acids is 2. The Labute approximate surface area is 163 Å². The van der Waals surface area contributed by atoms with Gasteiger partial charge in [-0.15, -0.1) is 0 Å². The van der Waals surface area contributed by atoms with Crippen LogP contribution in [-0.4, -0.2) is 46.9 Å². The number of hydrogen-bond acceptors (Lipinski definition) is 4. The molecule has 1 aromatic heterocycles. The van der Waals surface area contributed by atoms with E-state index in [4.69, 9.17) is 4.74 Å². The third-order valence-corrected chi connectivity index (χ3v) is 4.46. The van der Waals surface area contributed by atoms with Crippen LogP contribution >= 0.6 is 0 Å². The van der Waals surface area contributed by atoms with E-state index in [1.165, 1.54) is 4.90 Å². The topological polar surface area (TPSA) is 87.3 Å². The van der Waals surface area contributed by atoms with Gasteiger partial charge in [0.2, 0.25) is 11.8 Å². The van der Waals surface area contributed by atoms with Crippen LogP contribution in [0.15, 0.2) is 48.5 Å². The van der Waals surface area contributed by atoms with Gasteiger partial charge in [0.25, 0.3) is 0 Å². The Kier molecular flexibility index (Phi) is 6.26. The fourth-order valence-corrected chi connectivity index (χ4v) is 2.99. The van der Waals surface area contributed by atoms with Crippen LogP contribution in [0.5, 0.6) is 5.75 Å². The second kappa shape index (κ2) is 9.03. The summed E-state index contributed by atoms with van der Waals surface area (Å²) in [6.07, 6.45) is 0.785. The van der Waals surface area contributed by atoms with Crippen molar-refractivity contribution >= 4 is 28.5 Å². The zero-order chi connectivity index (χ0) is 19.9. The van der Waals surface area contributed by atoms with E-state index in [1.54, 1.807) is 19.2 Å². The summed E-state index contributed by atoms with van der Waals surface area (Å²) < 4.78 is 5.23. The van der Waals surface area contributed by atoms with Crippen molar-refractivity contribution in [3.8, 4) is 5.75 Å². The standard InChI is InChI=1S/C21H24N4O3/c1-3-25(14-20(26)24-17-10-6-7-11-18(17)28-2)21(27)13-12-19-22-15-8-4-5-9-16(15)23-19/h4-11H,3,12-14H2,1-2H3,(H,22,23)(H,24,26). The van der Waals surface area contributed by atoms with E-state index in [9.17, 15) is 9.59 Å². The maximum absolute atomic E-state index is 12.6. The number of ether oxygens (including phenoxy) is 1. The highest BCUT2D eigenvalue weighted by Crippen LogP contribution is 2.22. The third-order valence-electron chi connectivity index (χ3n) is 4.46. The van der Waals surface area contributed by atoms with Crippen LogP contribution in [0.25, 0.3) is 11.0 Å². The van der Waals surface area contributed by atoms with Gasteiger partial charge in [-0.1, -0.05) is 24.3 Å². The van der Waals surface area contributed by atoms with Crippen molar-refractivity contribution < 1.29 is 14.3 Å². The highest BCUT2D eigenvalue weighted by molar-refractivity contribution is 5.95. The highest BCUT2D eigenvalue weighted by atomic mass is 16.5. The minimum atomic E-state index is -0.261. The summed E-state index contributed by atoms with van der Waals surface area (Å²) in [6.45, 7) is 2.31. The van der Waals surface area contributed by atoms with Gasteiger partial charge in [0.1, 0.15) is 11.6 Å². The van der Waals surface area contributed by atoms with Gasteiger partial charge in [0.15, 0.2) is 0 Å². The van der Waals surface area contributed by atoms with E-state index < -0.39 is 0 Å². The number of rotatable bonds is 8. The molecule has 7 nitrogen and oxygen atoms in total. The summed E-state index contributed by atoms with van der Waals surface area (Å²) in [5.41, 5.74) is 2.42. The molecule has 0 aliphatic heterocycles. The van der Waals surface area contributed by atoms with Crippen molar-refractivity contribution in [1.82, 2.24) is 14.9 Å². The van der Waals surface area contributed by atoms with Gasteiger partial charge in [-0.3, -0.25) is 9.59 Å². The number of aromatic nitrogens is 2. The SMILES string of the molecule is CCN(CC(=O)Nc1ccccc1OC)C(=O)CCc1nc2ccccc2[nH]1. The molecule has 2 aromatic carbocycles. The van der Waals surface area contributed by atoms with Gasteiger partial charge in [0, 0.05) is 19.4 Å². The van der Waals surface area contributed by atoms with Crippen molar-refractivity contribution in [1.29, 1.82) is 0 Å². The van der Waals surface area contributed by atoms with Crippen LogP contribution in [0, 0.1) is 0 Å². The number of nitrogens with zero attached hydrogens (tertiary/aromatic N) is 2. The predicted molar refractivity (Wildman–Crippen MR) is 108 cm³/mol. The van der Waals surface area contributed by atoms with Gasteiger partial charge >= 0.3 is 0 Å². The summed E-state index contributed by atoms with van der Waals surface area (Å²) in [7, 11) is 1.55. The number of amides is 2. The lowest BCUT2D eigenvalue weighted by Crippen LogP contribution is -2.38. The van der Waals surface area contributed by atoms with Crippen LogP contribution in [-0.2, 0) is 16.0 Å². The van der Waals surface area contributed by atoms with Gasteiger partial charge in [-0.25, -0.2) is 4.98 Å². The molecule has 0 saturated carbocycles. The van der Waals surface area contributed by atoms with E-state index in [0.29, 0.717) is 24.4 Å². The smallest absolute Gasteiger partial charge is 0.244 e. The summed E-state index contributed by atoms with van der Waals surface area (Å²) in [6, 6.07) is 14.9. The molecule has 0 unspecified atom stereocenters. The fourth-order valence-electron chi connectivity index (χ4n) is 2.99. The Bertz CT molecular complexity index is 934. The molecule has 0 aliphatic carbocycles. The lowest BCUT2D eigenvalue weighted by molar-refractivity contribution is -0.134. The lowest BCUT2D eigenvalue weighted by Gasteiger charge is -2.20. The number of hydrogen-bond donors (Lipinski definition) is 2. The molecule has 3 rings (SSSR count). The van der Waals surface area contributed by atoms with E-state index in [0.717, 1.165) is 16.9 Å². The van der Waals surface area contributed by atoms with Crippen molar-refractivity contribution in [2.75, 3.05) is 25.5 Å². The predicted octanol–water partition coefficient (Wildman–Crippen LogP) is 2.99. The van der Waals surface area contributed by atoms with E-state index in [-0.39, 0.29) is 24.8 Å². The first-order valence-electron chi connectivity index (χ1n) is 9.25. The third kappa shape index (κ3) is 4.68. The first-order chi connectivity index (χ1) is 13.6. The first-order valence-corrected chi connectivity index (χ1v) is 9.25. The molecule has 0 saturated heterocycles. The molecule has 2 amide bonds. The van der Waals surface area contributed by atoms with Crippen LogP contribution in [0.4, 0.5) is 5.69 Å². The number of fused-ring (bicyclic) bond motifs is 1. The van der Waals surface area contributed by atoms with Gasteiger partial charge in [0.05, 0.1) is 30.4 Å². The molecule has 2 N–H and O–H groups in total. The summed E-state index contributed by atoms with van der Waals surface area (Å²) in [5, 5.41) is 2.80. The highest BCUT2D eigenvalue weighted by Gasteiger charge is 2.17. The summed E-state index contributed by atoms with van der Waals surface area (Å²) in [4.78, 5) is 34.2. The molecule has 0 atom stereocenters. The number of H-pyrrole nitrogens is 1. The number of para-hydroxylation sites is 4. The number of methoxy groups -OCH3 is 1. The van der Waals surface area contributed by atoms with Crippen molar-refractivity contribution in [2.24, 2.45) is 0 Å². The Morgan fingerprint density at radius 3 is 2.64 bits per heavy atom. The lowest BCUT2D eigenvalue weighted by atomic mass is 10.2. The Morgan fingerprint density at radius 1 is 1.14 bits per heavy atom. The minimum absolute atomic E-state index is 0.00644. The first kappa shape index (κ1) is 19.4. The Morgan fingerprint density at radius 2 is 1.89 bits per heavy atom. The summed E-state index contributed by atoms with van der Waals surface area (Å²) in [5.74, 6) is 1.00. The molecule has 0 bridgehead atoms. The van der Waals surface area contributed by atoms with Gasteiger partial charge in [-0.05, 0) is 31.2 Å². The maximum atomic E-state index is 12.6. The zero-order valence-electron chi connectivity index (χ0n) is 16.1. The number of aryl methyl sites for hydroxylation is 1. The zero-order valence-corrected chi connectivity index (χ0v) is 16.1. The maximum Gasteiger partial charge on any atom is 0.244 e. The quantitative estimate of drug-likeness (QED) is 0.629. The molecule has 0 spiro atoms. The number of carbonyl (C=O) groups is 2. The number of aromatic amines is 1. The normalized spacial score (nSPS) is 10.6. The molecule has 0 fully saturated rings. The Hall–Kier alpha value is -3.35. The number of nitrogens with one attached hydrogen (secondary N) is 2. The van der Waals surface area contributed by atoms with E-state index >= 15 is 0 Å². The molecule has 146 valence electrons. The fraction of sp³-hybridized carbons (Fsp3) is 0.286. The van der Waals surface area contributed by atoms with Crippen molar-refractivity contribution in [3.05, 3.63) is 54.4 Å². The van der Waals surface area contributed by atoms with Crippen molar-refractivity contribution in [2.45, 2.75) is 19.8 Å². The van der Waals surface area contributed by atoms with E-state index in [1.807, 2.05) is 43.3 Å². The van der Waals surface area contributed by atoms with Crippen LogP contribution in [0.3, 0.4) is 0 Å². The largest absolute Gasteiger partial charge is 0.495 e. The molecule has 28 heavy (non-hydrogen) atoms. The average Bonchev–Trinajstić information content (AvgIpc) is 3.13. The average molecular weight is 380 g/mol.